The van der Waals surface area contributed by atoms with E-state index in [0.29, 0.717) is 0 Å². The van der Waals surface area contributed by atoms with E-state index in [-0.39, 0.29) is 6.85 Å². The molecule has 2 nitrogen and oxygen atoms in total. The van der Waals surface area contributed by atoms with Crippen LogP contribution < -0.4 is 15.8 Å². The summed E-state index contributed by atoms with van der Waals surface area (Å²) in [5.74, 6) is 0. The first-order valence-electron chi connectivity index (χ1n) is 19.9. The van der Waals surface area contributed by atoms with Crippen LogP contribution in [0.1, 0.15) is 22.3 Å². The molecule has 11 aromatic rings. The number of nitrogens with zero attached hydrogens (tertiary/aromatic N) is 2. The zero-order chi connectivity index (χ0) is 37.0. The average Bonchev–Trinajstić information content (AvgIpc) is 3.81. The number of aromatic nitrogens is 1. The van der Waals surface area contributed by atoms with E-state index in [1.165, 1.54) is 114 Å². The number of anilines is 3. The van der Waals surface area contributed by atoms with Crippen LogP contribution in [0.2, 0.25) is 0 Å². The minimum Gasteiger partial charge on any atom is -0.375 e. The SMILES string of the molecule is c1ccc(C2(c3ccccc3)c3ccccc3N3c4c(cccc42)B2c4c(cc5c(sc6ccccc65)c43)-c3cccc4c5cc6ccccc6cc5n2c34)cc1. The van der Waals surface area contributed by atoms with Gasteiger partial charge in [0.05, 0.1) is 21.5 Å². The molecule has 3 aliphatic rings. The smallest absolute Gasteiger partial charge is 0.333 e. The molecule has 0 saturated heterocycles. The second kappa shape index (κ2) is 10.7. The number of rotatable bonds is 2. The molecule has 5 heterocycles. The van der Waals surface area contributed by atoms with Crippen LogP contribution in [-0.2, 0) is 5.41 Å². The van der Waals surface area contributed by atoms with E-state index >= 15 is 0 Å². The minimum absolute atomic E-state index is 0.0404. The summed E-state index contributed by atoms with van der Waals surface area (Å²) in [6, 6.07) is 71.1. The molecule has 0 saturated carbocycles. The van der Waals surface area contributed by atoms with Crippen LogP contribution >= 0.6 is 11.3 Å². The molecule has 14 rings (SSSR count). The lowest BCUT2D eigenvalue weighted by Gasteiger charge is -2.50. The first kappa shape index (κ1) is 30.4. The lowest BCUT2D eigenvalue weighted by atomic mass is 9.43. The first-order chi connectivity index (χ1) is 28.3. The quantitative estimate of drug-likeness (QED) is 0.160. The largest absolute Gasteiger partial charge is 0.375 e. The molecule has 0 amide bonds. The van der Waals surface area contributed by atoms with Gasteiger partial charge in [0, 0.05) is 48.5 Å². The molecular weight excluding hydrogens is 707 g/mol. The average molecular weight is 739 g/mol. The number of thiophene rings is 1. The van der Waals surface area contributed by atoms with Crippen molar-refractivity contribution in [1.82, 2.24) is 4.48 Å². The molecule has 4 heteroatoms. The van der Waals surface area contributed by atoms with Gasteiger partial charge in [-0.05, 0) is 79.8 Å². The van der Waals surface area contributed by atoms with Crippen molar-refractivity contribution < 1.29 is 0 Å². The third kappa shape index (κ3) is 3.60. The summed E-state index contributed by atoms with van der Waals surface area (Å²) in [6.45, 7) is -0.0404. The van der Waals surface area contributed by atoms with Gasteiger partial charge in [0.2, 0.25) is 0 Å². The number of hydrogen-bond acceptors (Lipinski definition) is 2. The Morgan fingerprint density at radius 3 is 1.96 bits per heavy atom. The van der Waals surface area contributed by atoms with Crippen LogP contribution in [0, 0.1) is 0 Å². The zero-order valence-electron chi connectivity index (χ0n) is 30.8. The predicted octanol–water partition coefficient (Wildman–Crippen LogP) is 12.4. The van der Waals surface area contributed by atoms with Crippen molar-refractivity contribution in [2.24, 2.45) is 0 Å². The van der Waals surface area contributed by atoms with Crippen molar-refractivity contribution in [2.75, 3.05) is 4.90 Å². The highest BCUT2D eigenvalue weighted by molar-refractivity contribution is 7.26. The van der Waals surface area contributed by atoms with Gasteiger partial charge in [0.1, 0.15) is 0 Å². The van der Waals surface area contributed by atoms with E-state index in [1.807, 2.05) is 11.3 Å². The Bertz CT molecular complexity index is 3500. The summed E-state index contributed by atoms with van der Waals surface area (Å²) in [5, 5.41) is 7.83. The van der Waals surface area contributed by atoms with Gasteiger partial charge in [-0.3, -0.25) is 0 Å². The molecule has 9 aromatic carbocycles. The van der Waals surface area contributed by atoms with E-state index in [1.54, 1.807) is 0 Å². The van der Waals surface area contributed by atoms with E-state index in [2.05, 4.69) is 197 Å². The van der Waals surface area contributed by atoms with Gasteiger partial charge < -0.3 is 9.38 Å². The fourth-order valence-electron chi connectivity index (χ4n) is 11.3. The zero-order valence-corrected chi connectivity index (χ0v) is 31.6. The van der Waals surface area contributed by atoms with Crippen molar-refractivity contribution >= 4 is 98.9 Å². The van der Waals surface area contributed by atoms with Gasteiger partial charge in [0.25, 0.3) is 0 Å². The van der Waals surface area contributed by atoms with Gasteiger partial charge in [-0.25, -0.2) is 0 Å². The summed E-state index contributed by atoms with van der Waals surface area (Å²) in [6.07, 6.45) is 0. The summed E-state index contributed by atoms with van der Waals surface area (Å²) >= 11 is 1.94. The van der Waals surface area contributed by atoms with Crippen LogP contribution in [0.4, 0.5) is 17.1 Å². The monoisotopic (exact) mass is 738 g/mol. The van der Waals surface area contributed by atoms with Gasteiger partial charge in [-0.15, -0.1) is 11.3 Å². The molecule has 0 unspecified atom stereocenters. The number of fused-ring (bicyclic) bond motifs is 14. The van der Waals surface area contributed by atoms with Crippen molar-refractivity contribution in [3.05, 3.63) is 210 Å². The Balaban J connectivity index is 1.23. The molecule has 0 spiro atoms. The van der Waals surface area contributed by atoms with Crippen molar-refractivity contribution in [2.45, 2.75) is 5.41 Å². The Hall–Kier alpha value is -6.88. The summed E-state index contributed by atoms with van der Waals surface area (Å²) in [4.78, 5) is 2.68. The third-order valence-corrected chi connectivity index (χ3v) is 14.6. The molecule has 2 aromatic heterocycles. The number of benzene rings is 9. The third-order valence-electron chi connectivity index (χ3n) is 13.4. The molecule has 0 bridgehead atoms. The highest BCUT2D eigenvalue weighted by atomic mass is 32.1. The second-order valence-corrected chi connectivity index (χ2v) is 17.0. The maximum Gasteiger partial charge on any atom is 0.333 e. The van der Waals surface area contributed by atoms with Crippen molar-refractivity contribution in [1.29, 1.82) is 0 Å². The lowest BCUT2D eigenvalue weighted by Crippen LogP contribution is -2.58. The van der Waals surface area contributed by atoms with Crippen LogP contribution in [0.25, 0.3) is 63.9 Å². The summed E-state index contributed by atoms with van der Waals surface area (Å²) < 4.78 is 5.39. The van der Waals surface area contributed by atoms with E-state index < -0.39 is 5.41 Å². The van der Waals surface area contributed by atoms with Crippen molar-refractivity contribution in [3.63, 3.8) is 0 Å². The fourth-order valence-corrected chi connectivity index (χ4v) is 12.5. The van der Waals surface area contributed by atoms with Gasteiger partial charge in [-0.1, -0.05) is 158 Å². The van der Waals surface area contributed by atoms with E-state index in [4.69, 9.17) is 0 Å². The molecule has 0 atom stereocenters. The molecule has 0 fully saturated rings. The van der Waals surface area contributed by atoms with Gasteiger partial charge in [0.15, 0.2) is 0 Å². The van der Waals surface area contributed by atoms with Gasteiger partial charge in [-0.2, -0.15) is 0 Å². The summed E-state index contributed by atoms with van der Waals surface area (Å²) in [7, 11) is 0. The Morgan fingerprint density at radius 1 is 0.474 bits per heavy atom. The van der Waals surface area contributed by atoms with Crippen LogP contribution in [0.3, 0.4) is 0 Å². The fraction of sp³-hybridized carbons (Fsp3) is 0.0189. The highest BCUT2D eigenvalue weighted by Gasteiger charge is 2.52. The number of hydrogen-bond donors (Lipinski definition) is 0. The molecule has 262 valence electrons. The van der Waals surface area contributed by atoms with Crippen LogP contribution in [0.15, 0.2) is 188 Å². The normalized spacial score (nSPS) is 14.4. The Morgan fingerprint density at radius 2 is 1.14 bits per heavy atom. The molecule has 0 N–H and O–H groups in total. The molecule has 0 radical (unpaired) electrons. The topological polar surface area (TPSA) is 8.17 Å². The van der Waals surface area contributed by atoms with Crippen molar-refractivity contribution in [3.8, 4) is 11.1 Å². The van der Waals surface area contributed by atoms with Crippen LogP contribution in [-0.4, -0.2) is 11.3 Å². The molecular formula is C53H31BN2S. The van der Waals surface area contributed by atoms with E-state index in [9.17, 15) is 0 Å². The maximum atomic E-state index is 2.72. The standard InChI is InChI=1S/C53H31BN2S/c1-3-17-34(18-4-1)53(35-19-5-2-6-20-35)42-24-10-11-27-45(42)55-50-43(53)25-14-26-44(50)54-48-40(31-41-36-21-9-12-28-47(36)57-52(41)51(48)55)38-23-13-22-37-39-29-32-15-7-8-16-33(32)30-46(39)56(54)49(37)38/h1-31H. The molecule has 3 aliphatic heterocycles. The second-order valence-electron chi connectivity index (χ2n) is 15.9. The Kier molecular flexibility index (Phi) is 5.70. The van der Waals surface area contributed by atoms with Crippen LogP contribution in [0.5, 0.6) is 0 Å². The Labute approximate surface area is 333 Å². The maximum absolute atomic E-state index is 2.72. The first-order valence-corrected chi connectivity index (χ1v) is 20.7. The molecule has 0 aliphatic carbocycles. The number of para-hydroxylation sites is 3. The molecule has 57 heavy (non-hydrogen) atoms. The highest BCUT2D eigenvalue weighted by Crippen LogP contribution is 2.60. The predicted molar refractivity (Wildman–Crippen MR) is 242 cm³/mol. The van der Waals surface area contributed by atoms with E-state index in [0.717, 1.165) is 0 Å². The lowest BCUT2D eigenvalue weighted by molar-refractivity contribution is 0.732. The minimum atomic E-state index is -0.549. The van der Waals surface area contributed by atoms with Gasteiger partial charge >= 0.3 is 6.85 Å². The summed E-state index contributed by atoms with van der Waals surface area (Å²) in [5.41, 5.74) is 16.5.